The minimum absolute atomic E-state index is 0.0154. The number of ketones is 1. The Hall–Kier alpha value is -3.22. The molecule has 0 aromatic heterocycles. The number of amides is 1. The number of hydrogen-bond donors (Lipinski definition) is 0. The molecule has 1 fully saturated rings. The molecule has 1 amide bonds. The van der Waals surface area contributed by atoms with Crippen LogP contribution < -0.4 is 9.64 Å². The molecule has 3 aromatic rings. The maximum atomic E-state index is 13.1. The molecule has 0 saturated carbocycles. The summed E-state index contributed by atoms with van der Waals surface area (Å²) in [6.07, 6.45) is 1.83. The van der Waals surface area contributed by atoms with Gasteiger partial charge >= 0.3 is 0 Å². The molecule has 1 saturated heterocycles. The minimum atomic E-state index is -0.176. The van der Waals surface area contributed by atoms with Crippen molar-refractivity contribution >= 4 is 51.8 Å². The van der Waals surface area contributed by atoms with Gasteiger partial charge in [-0.25, -0.2) is 0 Å². The topological polar surface area (TPSA) is 46.6 Å². The van der Waals surface area contributed by atoms with Crippen molar-refractivity contribution < 1.29 is 14.3 Å². The summed E-state index contributed by atoms with van der Waals surface area (Å²) in [6, 6.07) is 20.4. The molecule has 1 aliphatic heterocycles. The highest BCUT2D eigenvalue weighted by Crippen LogP contribution is 2.42. The number of thioether (sulfide) groups is 1. The summed E-state index contributed by atoms with van der Waals surface area (Å²) >= 11 is 6.74. The van der Waals surface area contributed by atoms with Crippen LogP contribution in [0.3, 0.4) is 0 Å². The first kappa shape index (κ1) is 18.8. The van der Waals surface area contributed by atoms with Crippen LogP contribution in [-0.4, -0.2) is 23.1 Å². The van der Waals surface area contributed by atoms with Crippen LogP contribution in [0.15, 0.2) is 71.6 Å². The highest BCUT2D eigenvalue weighted by Gasteiger charge is 2.34. The van der Waals surface area contributed by atoms with Gasteiger partial charge in [0.25, 0.3) is 5.91 Å². The molecule has 6 heteroatoms. The zero-order valence-electron chi connectivity index (χ0n) is 15.9. The quantitative estimate of drug-likeness (QED) is 0.326. The number of fused-ring (bicyclic) bond motifs is 3. The van der Waals surface area contributed by atoms with E-state index in [4.69, 9.17) is 17.0 Å². The predicted octanol–water partition coefficient (Wildman–Crippen LogP) is 5.31. The third-order valence-electron chi connectivity index (χ3n) is 5.19. The Balaban J connectivity index is 1.56. The minimum Gasteiger partial charge on any atom is -0.497 e. The van der Waals surface area contributed by atoms with E-state index in [1.807, 2.05) is 60.7 Å². The van der Waals surface area contributed by atoms with Crippen LogP contribution in [0.25, 0.3) is 17.2 Å². The molecule has 3 aromatic carbocycles. The number of benzene rings is 3. The van der Waals surface area contributed by atoms with E-state index in [9.17, 15) is 9.59 Å². The average molecular weight is 430 g/mol. The fraction of sp³-hybridized carbons (Fsp3) is 0.0417. The maximum absolute atomic E-state index is 13.1. The molecule has 30 heavy (non-hydrogen) atoms. The van der Waals surface area contributed by atoms with Gasteiger partial charge in [0.05, 0.1) is 17.7 Å². The highest BCUT2D eigenvalue weighted by molar-refractivity contribution is 8.27. The van der Waals surface area contributed by atoms with Gasteiger partial charge in [-0.3, -0.25) is 14.5 Å². The number of anilines is 1. The molecule has 1 aliphatic carbocycles. The Kier molecular flexibility index (Phi) is 4.53. The first-order chi connectivity index (χ1) is 14.6. The van der Waals surface area contributed by atoms with Crippen molar-refractivity contribution in [1.82, 2.24) is 0 Å². The molecule has 146 valence electrons. The zero-order chi connectivity index (χ0) is 20.8. The maximum Gasteiger partial charge on any atom is 0.270 e. The summed E-state index contributed by atoms with van der Waals surface area (Å²) < 4.78 is 5.66. The van der Waals surface area contributed by atoms with Gasteiger partial charge in [0, 0.05) is 16.7 Å². The van der Waals surface area contributed by atoms with Gasteiger partial charge in [0.15, 0.2) is 10.1 Å². The van der Waals surface area contributed by atoms with Crippen molar-refractivity contribution in [2.75, 3.05) is 12.0 Å². The molecule has 0 spiro atoms. The second-order valence-corrected chi connectivity index (χ2v) is 8.54. The third kappa shape index (κ3) is 2.88. The molecule has 4 nitrogen and oxygen atoms in total. The SMILES string of the molecule is COc1ccc(N2C(=O)/C(=C\c3cccc4c3-c3ccccc3C4=O)SC2=S)cc1. The lowest BCUT2D eigenvalue weighted by atomic mass is 9.99. The Morgan fingerprint density at radius 3 is 2.33 bits per heavy atom. The van der Waals surface area contributed by atoms with Crippen LogP contribution in [0.1, 0.15) is 21.5 Å². The van der Waals surface area contributed by atoms with E-state index in [1.165, 1.54) is 16.7 Å². The number of carbonyl (C=O) groups excluding carboxylic acids is 2. The monoisotopic (exact) mass is 429 g/mol. The fourth-order valence-corrected chi connectivity index (χ4v) is 5.08. The van der Waals surface area contributed by atoms with E-state index in [1.54, 1.807) is 19.2 Å². The van der Waals surface area contributed by atoms with Crippen LogP contribution in [-0.2, 0) is 4.79 Å². The van der Waals surface area contributed by atoms with Gasteiger partial charge in [-0.2, -0.15) is 0 Å². The normalized spacial score (nSPS) is 16.2. The van der Waals surface area contributed by atoms with Crippen molar-refractivity contribution in [3.05, 3.63) is 88.3 Å². The number of nitrogens with zero attached hydrogens (tertiary/aromatic N) is 1. The first-order valence-electron chi connectivity index (χ1n) is 9.27. The van der Waals surface area contributed by atoms with Gasteiger partial charge < -0.3 is 4.74 Å². The summed E-state index contributed by atoms with van der Waals surface area (Å²) in [7, 11) is 1.60. The van der Waals surface area contributed by atoms with Gasteiger partial charge in [0.1, 0.15) is 5.75 Å². The van der Waals surface area contributed by atoms with Gasteiger partial charge in [-0.05, 0) is 41.5 Å². The van der Waals surface area contributed by atoms with Gasteiger partial charge in [0.2, 0.25) is 0 Å². The number of ether oxygens (including phenoxy) is 1. The summed E-state index contributed by atoms with van der Waals surface area (Å²) in [5, 5.41) is 0. The Labute approximate surface area is 183 Å². The summed E-state index contributed by atoms with van der Waals surface area (Å²) in [6.45, 7) is 0. The molecule has 2 aliphatic rings. The lowest BCUT2D eigenvalue weighted by Crippen LogP contribution is -2.27. The smallest absolute Gasteiger partial charge is 0.270 e. The van der Waals surface area contributed by atoms with Crippen molar-refractivity contribution in [3.8, 4) is 16.9 Å². The fourth-order valence-electron chi connectivity index (χ4n) is 3.79. The van der Waals surface area contributed by atoms with E-state index < -0.39 is 0 Å². The molecule has 0 unspecified atom stereocenters. The summed E-state index contributed by atoms with van der Waals surface area (Å²) in [5.41, 5.74) is 4.65. The van der Waals surface area contributed by atoms with Crippen LogP contribution in [0.4, 0.5) is 5.69 Å². The van der Waals surface area contributed by atoms with Crippen LogP contribution in [0, 0.1) is 0 Å². The zero-order valence-corrected chi connectivity index (χ0v) is 17.5. The van der Waals surface area contributed by atoms with Crippen LogP contribution >= 0.6 is 24.0 Å². The number of carbonyl (C=O) groups is 2. The van der Waals surface area contributed by atoms with E-state index in [0.29, 0.717) is 31.8 Å². The van der Waals surface area contributed by atoms with Gasteiger partial charge in [-0.1, -0.05) is 66.4 Å². The van der Waals surface area contributed by atoms with Gasteiger partial charge in [-0.15, -0.1) is 0 Å². The highest BCUT2D eigenvalue weighted by atomic mass is 32.2. The summed E-state index contributed by atoms with van der Waals surface area (Å²) in [5.74, 6) is 0.551. The molecule has 0 atom stereocenters. The standard InChI is InChI=1S/C24H15NO3S2/c1-28-16-11-9-15(10-12-16)25-23(27)20(30-24(25)29)13-14-5-4-8-19-21(14)17-6-2-3-7-18(17)22(19)26/h2-13H,1H3/b20-13+. The van der Waals surface area contributed by atoms with Crippen LogP contribution in [0.2, 0.25) is 0 Å². The average Bonchev–Trinajstić information content (AvgIpc) is 3.22. The largest absolute Gasteiger partial charge is 0.497 e. The molecule has 0 radical (unpaired) electrons. The molecular formula is C24H15NO3S2. The molecular weight excluding hydrogens is 414 g/mol. The van der Waals surface area contributed by atoms with Crippen molar-refractivity contribution in [3.63, 3.8) is 0 Å². The molecule has 0 N–H and O–H groups in total. The number of methoxy groups -OCH3 is 1. The number of thiocarbonyl (C=S) groups is 1. The molecule has 5 rings (SSSR count). The first-order valence-corrected chi connectivity index (χ1v) is 10.5. The Bertz CT molecular complexity index is 1260. The van der Waals surface area contributed by atoms with Crippen molar-refractivity contribution in [2.24, 2.45) is 0 Å². The molecule has 1 heterocycles. The van der Waals surface area contributed by atoms with Crippen LogP contribution in [0.5, 0.6) is 5.75 Å². The third-order valence-corrected chi connectivity index (χ3v) is 6.50. The second-order valence-electron chi connectivity index (χ2n) is 6.86. The Morgan fingerprint density at radius 1 is 0.900 bits per heavy atom. The van der Waals surface area contributed by atoms with Crippen molar-refractivity contribution in [2.45, 2.75) is 0 Å². The van der Waals surface area contributed by atoms with E-state index in [-0.39, 0.29) is 11.7 Å². The van der Waals surface area contributed by atoms with E-state index in [0.717, 1.165) is 16.7 Å². The summed E-state index contributed by atoms with van der Waals surface area (Å²) in [4.78, 5) is 27.9. The number of rotatable bonds is 3. The molecule has 0 bridgehead atoms. The Morgan fingerprint density at radius 2 is 1.60 bits per heavy atom. The van der Waals surface area contributed by atoms with Crippen molar-refractivity contribution in [1.29, 1.82) is 0 Å². The number of hydrogen-bond acceptors (Lipinski definition) is 5. The van der Waals surface area contributed by atoms with E-state index >= 15 is 0 Å². The predicted molar refractivity (Wildman–Crippen MR) is 124 cm³/mol. The lowest BCUT2D eigenvalue weighted by Gasteiger charge is -2.14. The van der Waals surface area contributed by atoms with E-state index in [2.05, 4.69) is 0 Å². The lowest BCUT2D eigenvalue weighted by molar-refractivity contribution is -0.113. The second kappa shape index (κ2) is 7.23.